The van der Waals surface area contributed by atoms with Gasteiger partial charge in [-0.05, 0) is 38.1 Å². The Labute approximate surface area is 107 Å². The van der Waals surface area contributed by atoms with Crippen LogP contribution in [0, 0.1) is 17.8 Å². The second-order valence-corrected chi connectivity index (χ2v) is 8.45. The fourth-order valence-corrected chi connectivity index (χ4v) is 2.86. The number of rotatable bonds is 8. The van der Waals surface area contributed by atoms with E-state index in [0.29, 0.717) is 24.3 Å². The maximum absolute atomic E-state index is 11.6. The Kier molecular flexibility index (Phi) is 7.33. The normalized spacial score (nSPS) is 13.3. The first kappa shape index (κ1) is 16.9. The minimum atomic E-state index is -2.90. The molecule has 0 aromatic carbocycles. The monoisotopic (exact) mass is 263 g/mol. The molecule has 3 nitrogen and oxygen atoms in total. The summed E-state index contributed by atoms with van der Waals surface area (Å²) in [5, 5.41) is 3.01. The summed E-state index contributed by atoms with van der Waals surface area (Å²) in [7, 11) is -2.90. The van der Waals surface area contributed by atoms with E-state index in [1.54, 1.807) is 13.8 Å². The lowest BCUT2D eigenvalue weighted by atomic mass is 9.85. The molecule has 0 radical (unpaired) electrons. The summed E-state index contributed by atoms with van der Waals surface area (Å²) < 4.78 is 23.2. The summed E-state index contributed by atoms with van der Waals surface area (Å²) in [6.45, 7) is 13.8. The molecule has 0 unspecified atom stereocenters. The average molecular weight is 263 g/mol. The van der Waals surface area contributed by atoms with E-state index in [-0.39, 0.29) is 11.0 Å². The average Bonchev–Trinajstić information content (AvgIpc) is 2.15. The predicted molar refractivity (Wildman–Crippen MR) is 75.0 cm³/mol. The SMILES string of the molecule is CC(C)C(CNCCS(=O)(=O)C(C)C)C(C)C. The van der Waals surface area contributed by atoms with Crippen molar-refractivity contribution in [2.24, 2.45) is 17.8 Å². The predicted octanol–water partition coefficient (Wildman–Crippen LogP) is 2.33. The molecule has 104 valence electrons. The van der Waals surface area contributed by atoms with Crippen LogP contribution in [0.2, 0.25) is 0 Å². The lowest BCUT2D eigenvalue weighted by molar-refractivity contribution is 0.278. The second kappa shape index (κ2) is 7.37. The molecule has 0 spiro atoms. The molecule has 0 fully saturated rings. The van der Waals surface area contributed by atoms with Gasteiger partial charge in [0.25, 0.3) is 0 Å². The highest BCUT2D eigenvalue weighted by Crippen LogP contribution is 2.19. The van der Waals surface area contributed by atoms with Crippen LogP contribution in [0.5, 0.6) is 0 Å². The minimum absolute atomic E-state index is 0.244. The molecule has 0 bridgehead atoms. The molecule has 1 N–H and O–H groups in total. The third-order valence-electron chi connectivity index (χ3n) is 3.37. The first-order valence-electron chi connectivity index (χ1n) is 6.60. The van der Waals surface area contributed by atoms with E-state index in [1.165, 1.54) is 0 Å². The van der Waals surface area contributed by atoms with Gasteiger partial charge in [0.15, 0.2) is 9.84 Å². The summed E-state index contributed by atoms with van der Waals surface area (Å²) in [4.78, 5) is 0. The van der Waals surface area contributed by atoms with Gasteiger partial charge in [-0.3, -0.25) is 0 Å². The number of nitrogens with one attached hydrogen (secondary N) is 1. The Balaban J connectivity index is 4.00. The van der Waals surface area contributed by atoms with Gasteiger partial charge in [-0.15, -0.1) is 0 Å². The fraction of sp³-hybridized carbons (Fsp3) is 1.00. The number of hydrogen-bond donors (Lipinski definition) is 1. The Morgan fingerprint density at radius 1 is 0.941 bits per heavy atom. The number of sulfone groups is 1. The summed E-state index contributed by atoms with van der Waals surface area (Å²) in [6, 6.07) is 0. The first-order chi connectivity index (χ1) is 7.68. The minimum Gasteiger partial charge on any atom is -0.315 e. The van der Waals surface area contributed by atoms with E-state index in [1.807, 2.05) is 0 Å². The Hall–Kier alpha value is -0.0900. The largest absolute Gasteiger partial charge is 0.315 e. The van der Waals surface area contributed by atoms with E-state index in [0.717, 1.165) is 6.54 Å². The van der Waals surface area contributed by atoms with Gasteiger partial charge in [-0.25, -0.2) is 8.42 Å². The smallest absolute Gasteiger partial charge is 0.153 e. The van der Waals surface area contributed by atoms with Crippen molar-refractivity contribution < 1.29 is 8.42 Å². The van der Waals surface area contributed by atoms with Crippen molar-refractivity contribution in [1.82, 2.24) is 5.32 Å². The molecule has 0 amide bonds. The van der Waals surface area contributed by atoms with Crippen LogP contribution in [-0.2, 0) is 9.84 Å². The standard InChI is InChI=1S/C13H29NO2S/c1-10(2)13(11(3)4)9-14-7-8-17(15,16)12(5)6/h10-14H,7-9H2,1-6H3. The summed E-state index contributed by atoms with van der Waals surface area (Å²) >= 11 is 0. The second-order valence-electron chi connectivity index (χ2n) is 5.77. The molecule has 0 heterocycles. The maximum atomic E-state index is 11.6. The molecule has 0 saturated carbocycles. The molecule has 17 heavy (non-hydrogen) atoms. The van der Waals surface area contributed by atoms with Crippen molar-refractivity contribution in [1.29, 1.82) is 0 Å². The van der Waals surface area contributed by atoms with E-state index in [9.17, 15) is 8.42 Å². The van der Waals surface area contributed by atoms with Gasteiger partial charge in [0, 0.05) is 6.54 Å². The van der Waals surface area contributed by atoms with Gasteiger partial charge < -0.3 is 5.32 Å². The highest BCUT2D eigenvalue weighted by atomic mass is 32.2. The Morgan fingerprint density at radius 2 is 1.41 bits per heavy atom. The van der Waals surface area contributed by atoms with E-state index in [2.05, 4.69) is 33.0 Å². The summed E-state index contributed by atoms with van der Waals surface area (Å²) in [5.74, 6) is 2.11. The zero-order valence-electron chi connectivity index (χ0n) is 12.2. The van der Waals surface area contributed by atoms with Crippen LogP contribution in [0.3, 0.4) is 0 Å². The highest BCUT2D eigenvalue weighted by molar-refractivity contribution is 7.92. The quantitative estimate of drug-likeness (QED) is 0.684. The van der Waals surface area contributed by atoms with Crippen molar-refractivity contribution in [3.05, 3.63) is 0 Å². The van der Waals surface area contributed by atoms with E-state index >= 15 is 0 Å². The molecule has 0 aliphatic carbocycles. The van der Waals surface area contributed by atoms with E-state index in [4.69, 9.17) is 0 Å². The molecule has 0 aromatic heterocycles. The molecular formula is C13H29NO2S. The van der Waals surface area contributed by atoms with Crippen molar-refractivity contribution in [3.8, 4) is 0 Å². The van der Waals surface area contributed by atoms with Crippen LogP contribution in [0.25, 0.3) is 0 Å². The third-order valence-corrected chi connectivity index (χ3v) is 5.58. The van der Waals surface area contributed by atoms with Crippen LogP contribution in [0.4, 0.5) is 0 Å². The topological polar surface area (TPSA) is 46.2 Å². The van der Waals surface area contributed by atoms with Crippen molar-refractivity contribution in [2.45, 2.75) is 46.8 Å². The van der Waals surface area contributed by atoms with Gasteiger partial charge in [-0.1, -0.05) is 27.7 Å². The van der Waals surface area contributed by atoms with Crippen LogP contribution >= 0.6 is 0 Å². The summed E-state index contributed by atoms with van der Waals surface area (Å²) in [6.07, 6.45) is 0. The van der Waals surface area contributed by atoms with Crippen LogP contribution in [-0.4, -0.2) is 32.5 Å². The number of hydrogen-bond acceptors (Lipinski definition) is 3. The third kappa shape index (κ3) is 6.41. The van der Waals surface area contributed by atoms with Gasteiger partial charge in [0.05, 0.1) is 11.0 Å². The first-order valence-corrected chi connectivity index (χ1v) is 8.32. The Morgan fingerprint density at radius 3 is 1.76 bits per heavy atom. The van der Waals surface area contributed by atoms with E-state index < -0.39 is 9.84 Å². The molecule has 0 atom stereocenters. The Bertz CT molecular complexity index is 287. The summed E-state index contributed by atoms with van der Waals surface area (Å²) in [5.41, 5.74) is 0. The van der Waals surface area contributed by atoms with Crippen molar-refractivity contribution >= 4 is 9.84 Å². The molecular weight excluding hydrogens is 234 g/mol. The molecule has 0 aliphatic rings. The van der Waals surface area contributed by atoms with Crippen LogP contribution in [0.15, 0.2) is 0 Å². The van der Waals surface area contributed by atoms with Crippen LogP contribution in [0.1, 0.15) is 41.5 Å². The molecule has 0 aliphatic heterocycles. The van der Waals surface area contributed by atoms with Gasteiger partial charge in [0.1, 0.15) is 0 Å². The maximum Gasteiger partial charge on any atom is 0.153 e. The lowest BCUT2D eigenvalue weighted by Gasteiger charge is -2.25. The van der Waals surface area contributed by atoms with Crippen molar-refractivity contribution in [3.63, 3.8) is 0 Å². The molecule has 0 saturated heterocycles. The molecule has 0 aromatic rings. The zero-order valence-corrected chi connectivity index (χ0v) is 13.0. The zero-order chi connectivity index (χ0) is 13.6. The highest BCUT2D eigenvalue weighted by Gasteiger charge is 2.18. The van der Waals surface area contributed by atoms with Crippen LogP contribution < -0.4 is 5.32 Å². The molecule has 0 rings (SSSR count). The van der Waals surface area contributed by atoms with Gasteiger partial charge in [-0.2, -0.15) is 0 Å². The lowest BCUT2D eigenvalue weighted by Crippen LogP contribution is -2.34. The van der Waals surface area contributed by atoms with Gasteiger partial charge in [0.2, 0.25) is 0 Å². The van der Waals surface area contributed by atoms with Crippen molar-refractivity contribution in [2.75, 3.05) is 18.8 Å². The molecule has 4 heteroatoms. The fourth-order valence-electron chi connectivity index (χ4n) is 1.96. The van der Waals surface area contributed by atoms with Gasteiger partial charge >= 0.3 is 0 Å².